The van der Waals surface area contributed by atoms with Gasteiger partial charge in [0, 0.05) is 32.1 Å². The second kappa shape index (κ2) is 8.49. The number of benzene rings is 1. The van der Waals surface area contributed by atoms with Crippen LogP contribution in [-0.2, 0) is 14.8 Å². The van der Waals surface area contributed by atoms with E-state index in [0.29, 0.717) is 13.1 Å². The maximum Gasteiger partial charge on any atom is 0.240 e. The minimum atomic E-state index is -3.58. The minimum absolute atomic E-state index is 0. The van der Waals surface area contributed by atoms with Gasteiger partial charge in [0.1, 0.15) is 0 Å². The Balaban J connectivity index is 0.00000312. The second-order valence-corrected chi connectivity index (χ2v) is 8.93. The highest BCUT2D eigenvalue weighted by molar-refractivity contribution is 7.89. The molecule has 1 aromatic carbocycles. The lowest BCUT2D eigenvalue weighted by Gasteiger charge is -2.42. The zero-order chi connectivity index (χ0) is 18.0. The Morgan fingerprint density at radius 2 is 1.92 bits per heavy atom. The van der Waals surface area contributed by atoms with Crippen molar-refractivity contribution >= 4 is 28.3 Å². The fraction of sp³-hybridized carbons (Fsp3) is 0.588. The highest BCUT2D eigenvalue weighted by Gasteiger charge is 2.35. The molecule has 1 atom stereocenters. The van der Waals surface area contributed by atoms with Gasteiger partial charge in [-0.1, -0.05) is 31.5 Å². The number of rotatable bonds is 5. The molecular formula is C17H28ClN3O3S. The molecule has 0 aromatic heterocycles. The molecule has 1 heterocycles. The molecule has 0 radical (unpaired) electrons. The Hall–Kier alpha value is -1.15. The predicted octanol–water partition coefficient (Wildman–Crippen LogP) is 1.67. The standard InChI is InChI=1S/C17H27N3O3S.ClH/c1-13-4-6-14(7-5-13)24(22,23)19-10-8-16(21)20-11-9-15(18)17(2,3)12-20;/h4-7,15,19H,8-12,18H2,1-3H3;1H. The minimum Gasteiger partial charge on any atom is -0.342 e. The Morgan fingerprint density at radius 1 is 1.32 bits per heavy atom. The van der Waals surface area contributed by atoms with Gasteiger partial charge in [-0.2, -0.15) is 0 Å². The topological polar surface area (TPSA) is 92.5 Å². The van der Waals surface area contributed by atoms with Gasteiger partial charge in [-0.05, 0) is 30.9 Å². The van der Waals surface area contributed by atoms with Crippen LogP contribution in [0.4, 0.5) is 0 Å². The number of hydrogen-bond donors (Lipinski definition) is 2. The first-order valence-corrected chi connectivity index (χ1v) is 9.70. The van der Waals surface area contributed by atoms with E-state index >= 15 is 0 Å². The van der Waals surface area contributed by atoms with Crippen molar-refractivity contribution in [3.8, 4) is 0 Å². The summed E-state index contributed by atoms with van der Waals surface area (Å²) in [6.45, 7) is 7.34. The molecule has 1 fully saturated rings. The molecule has 1 unspecified atom stereocenters. The molecule has 25 heavy (non-hydrogen) atoms. The largest absolute Gasteiger partial charge is 0.342 e. The molecule has 0 aliphatic carbocycles. The number of piperidine rings is 1. The number of aryl methyl sites for hydroxylation is 1. The molecule has 8 heteroatoms. The van der Waals surface area contributed by atoms with Gasteiger partial charge in [0.05, 0.1) is 4.90 Å². The fourth-order valence-electron chi connectivity index (χ4n) is 2.84. The lowest BCUT2D eigenvalue weighted by Crippen LogP contribution is -2.54. The molecule has 1 aliphatic rings. The van der Waals surface area contributed by atoms with E-state index in [0.717, 1.165) is 12.0 Å². The van der Waals surface area contributed by atoms with E-state index in [-0.39, 0.29) is 47.6 Å². The number of carbonyl (C=O) groups excluding carboxylic acids is 1. The Bertz CT molecular complexity index is 690. The van der Waals surface area contributed by atoms with Crippen molar-refractivity contribution in [2.45, 2.75) is 44.6 Å². The van der Waals surface area contributed by atoms with Gasteiger partial charge in [-0.3, -0.25) is 4.79 Å². The fourth-order valence-corrected chi connectivity index (χ4v) is 3.87. The summed E-state index contributed by atoms with van der Waals surface area (Å²) in [5.74, 6) is -0.0402. The van der Waals surface area contributed by atoms with Gasteiger partial charge >= 0.3 is 0 Å². The molecule has 142 valence electrons. The molecule has 1 aromatic rings. The summed E-state index contributed by atoms with van der Waals surface area (Å²) in [5, 5.41) is 0. The van der Waals surface area contributed by atoms with Gasteiger partial charge in [0.15, 0.2) is 0 Å². The number of sulfonamides is 1. The highest BCUT2D eigenvalue weighted by atomic mass is 35.5. The molecular weight excluding hydrogens is 362 g/mol. The van der Waals surface area contributed by atoms with Crippen molar-refractivity contribution in [3.05, 3.63) is 29.8 Å². The maximum atomic E-state index is 12.3. The number of nitrogens with one attached hydrogen (secondary N) is 1. The van der Waals surface area contributed by atoms with E-state index in [2.05, 4.69) is 18.6 Å². The van der Waals surface area contributed by atoms with Gasteiger partial charge in [-0.25, -0.2) is 13.1 Å². The van der Waals surface area contributed by atoms with Crippen LogP contribution in [0.3, 0.4) is 0 Å². The zero-order valence-corrected chi connectivity index (χ0v) is 16.6. The number of amides is 1. The molecule has 1 saturated heterocycles. The Morgan fingerprint density at radius 3 is 2.48 bits per heavy atom. The Labute approximate surface area is 156 Å². The molecule has 6 nitrogen and oxygen atoms in total. The smallest absolute Gasteiger partial charge is 0.240 e. The molecule has 1 aliphatic heterocycles. The third kappa shape index (κ3) is 5.67. The molecule has 3 N–H and O–H groups in total. The van der Waals surface area contributed by atoms with E-state index in [1.54, 1.807) is 29.2 Å². The average Bonchev–Trinajstić information content (AvgIpc) is 2.50. The van der Waals surface area contributed by atoms with Gasteiger partial charge in [0.2, 0.25) is 15.9 Å². The third-order valence-corrected chi connectivity index (χ3v) is 6.10. The van der Waals surface area contributed by atoms with Crippen LogP contribution in [-0.4, -0.2) is 44.9 Å². The SMILES string of the molecule is Cc1ccc(S(=O)(=O)NCCC(=O)N2CCC(N)C(C)(C)C2)cc1.Cl. The third-order valence-electron chi connectivity index (χ3n) is 4.63. The number of likely N-dealkylation sites (tertiary alicyclic amines) is 1. The second-order valence-electron chi connectivity index (χ2n) is 7.16. The van der Waals surface area contributed by atoms with Crippen molar-refractivity contribution in [1.82, 2.24) is 9.62 Å². The number of nitrogens with two attached hydrogens (primary N) is 1. The molecule has 2 rings (SSSR count). The van der Waals surface area contributed by atoms with Crippen LogP contribution >= 0.6 is 12.4 Å². The highest BCUT2D eigenvalue weighted by Crippen LogP contribution is 2.27. The normalized spacial score (nSPS) is 20.0. The number of hydrogen-bond acceptors (Lipinski definition) is 4. The molecule has 0 bridgehead atoms. The summed E-state index contributed by atoms with van der Waals surface area (Å²) in [7, 11) is -3.58. The first-order valence-electron chi connectivity index (χ1n) is 8.21. The van der Waals surface area contributed by atoms with Crippen LogP contribution < -0.4 is 10.5 Å². The summed E-state index contributed by atoms with van der Waals surface area (Å²) in [5.41, 5.74) is 6.96. The van der Waals surface area contributed by atoms with E-state index in [1.165, 1.54) is 0 Å². The van der Waals surface area contributed by atoms with Crippen molar-refractivity contribution in [3.63, 3.8) is 0 Å². The average molecular weight is 390 g/mol. The summed E-state index contributed by atoms with van der Waals surface area (Å²) < 4.78 is 26.9. The monoisotopic (exact) mass is 389 g/mol. The molecule has 0 saturated carbocycles. The summed E-state index contributed by atoms with van der Waals surface area (Å²) in [6.07, 6.45) is 0.921. The lowest BCUT2D eigenvalue weighted by atomic mass is 9.79. The van der Waals surface area contributed by atoms with Crippen LogP contribution in [0.1, 0.15) is 32.3 Å². The van der Waals surface area contributed by atoms with E-state index in [4.69, 9.17) is 5.73 Å². The van der Waals surface area contributed by atoms with E-state index in [9.17, 15) is 13.2 Å². The maximum absolute atomic E-state index is 12.3. The number of carbonyl (C=O) groups is 1. The number of nitrogens with zero attached hydrogens (tertiary/aromatic N) is 1. The van der Waals surface area contributed by atoms with Gasteiger partial charge < -0.3 is 10.6 Å². The lowest BCUT2D eigenvalue weighted by molar-refractivity contribution is -0.134. The van der Waals surface area contributed by atoms with Crippen LogP contribution in [0.15, 0.2) is 29.2 Å². The van der Waals surface area contributed by atoms with Crippen molar-refractivity contribution in [1.29, 1.82) is 0 Å². The van der Waals surface area contributed by atoms with Crippen molar-refractivity contribution in [2.75, 3.05) is 19.6 Å². The van der Waals surface area contributed by atoms with E-state index < -0.39 is 10.0 Å². The first kappa shape index (κ1) is 21.9. The molecule has 1 amide bonds. The van der Waals surface area contributed by atoms with Crippen molar-refractivity contribution in [2.24, 2.45) is 11.1 Å². The van der Waals surface area contributed by atoms with E-state index in [1.807, 2.05) is 6.92 Å². The quantitative estimate of drug-likeness (QED) is 0.801. The summed E-state index contributed by atoms with van der Waals surface area (Å²) in [6, 6.07) is 6.71. The molecule has 0 spiro atoms. The summed E-state index contributed by atoms with van der Waals surface area (Å²) in [4.78, 5) is 14.3. The van der Waals surface area contributed by atoms with Crippen LogP contribution in [0.5, 0.6) is 0 Å². The Kier molecular flexibility index (Phi) is 7.43. The summed E-state index contributed by atoms with van der Waals surface area (Å²) >= 11 is 0. The first-order chi connectivity index (χ1) is 11.1. The van der Waals surface area contributed by atoms with Crippen LogP contribution in [0.2, 0.25) is 0 Å². The van der Waals surface area contributed by atoms with Crippen LogP contribution in [0, 0.1) is 12.3 Å². The van der Waals surface area contributed by atoms with Gasteiger partial charge in [-0.15, -0.1) is 12.4 Å². The number of halogens is 1. The van der Waals surface area contributed by atoms with Gasteiger partial charge in [0.25, 0.3) is 0 Å². The zero-order valence-electron chi connectivity index (χ0n) is 15.0. The van der Waals surface area contributed by atoms with Crippen molar-refractivity contribution < 1.29 is 13.2 Å². The van der Waals surface area contributed by atoms with Crippen LogP contribution in [0.25, 0.3) is 0 Å². The predicted molar refractivity (Wildman–Crippen MR) is 101 cm³/mol.